The molecule has 1 aromatic carbocycles. The smallest absolute Gasteiger partial charge is 0.274 e. The number of carbonyl (C=O) groups excluding carboxylic acids is 1. The first-order chi connectivity index (χ1) is 15.3. The molecule has 7 heteroatoms. The van der Waals surface area contributed by atoms with Gasteiger partial charge in [0.15, 0.2) is 0 Å². The van der Waals surface area contributed by atoms with Crippen molar-refractivity contribution in [1.29, 1.82) is 0 Å². The minimum absolute atomic E-state index is 0.0463. The molecule has 4 rings (SSSR count). The van der Waals surface area contributed by atoms with Gasteiger partial charge in [-0.3, -0.25) is 9.78 Å². The number of halogens is 2. The predicted molar refractivity (Wildman–Crippen MR) is 118 cm³/mol. The maximum Gasteiger partial charge on any atom is 0.274 e. The summed E-state index contributed by atoms with van der Waals surface area (Å²) in [7, 11) is 0. The van der Waals surface area contributed by atoms with E-state index in [2.05, 4.69) is 15.3 Å². The standard InChI is InChI=1S/C25H25F2N3O2/c1-14-6-8-18(26)23(24(14)27)19-4-3-5-20(29-19)25(32)30-21-13-28-11-10-17(21)16-7-9-22(31)15(2)12-16/h3-6,8,10-11,13,15-16,22,31H,7,9,12H2,1-2H3,(H,30,32)/t15-,16-,22-/m0/s1. The van der Waals surface area contributed by atoms with E-state index in [1.54, 1.807) is 25.4 Å². The van der Waals surface area contributed by atoms with Crippen molar-refractivity contribution in [2.45, 2.75) is 45.1 Å². The number of rotatable bonds is 4. The van der Waals surface area contributed by atoms with Gasteiger partial charge in [-0.2, -0.15) is 0 Å². The van der Waals surface area contributed by atoms with Crippen molar-refractivity contribution in [3.8, 4) is 11.3 Å². The fourth-order valence-corrected chi connectivity index (χ4v) is 4.31. The number of hydrogen-bond donors (Lipinski definition) is 2. The van der Waals surface area contributed by atoms with E-state index >= 15 is 0 Å². The summed E-state index contributed by atoms with van der Waals surface area (Å²) >= 11 is 0. The Kier molecular flexibility index (Phi) is 6.28. The molecule has 3 atom stereocenters. The summed E-state index contributed by atoms with van der Waals surface area (Å²) in [6.45, 7) is 3.57. The number of benzene rings is 1. The van der Waals surface area contributed by atoms with Gasteiger partial charge in [-0.1, -0.05) is 19.1 Å². The van der Waals surface area contributed by atoms with Crippen molar-refractivity contribution in [2.75, 3.05) is 5.32 Å². The monoisotopic (exact) mass is 437 g/mol. The van der Waals surface area contributed by atoms with Crippen LogP contribution in [0.2, 0.25) is 0 Å². The van der Waals surface area contributed by atoms with Gasteiger partial charge in [0, 0.05) is 6.20 Å². The summed E-state index contributed by atoms with van der Waals surface area (Å²) in [5.74, 6) is -1.55. The van der Waals surface area contributed by atoms with E-state index in [-0.39, 0.29) is 34.9 Å². The van der Waals surface area contributed by atoms with Gasteiger partial charge >= 0.3 is 0 Å². The van der Waals surface area contributed by atoms with Gasteiger partial charge in [-0.05, 0) is 73.4 Å². The molecule has 1 saturated carbocycles. The maximum atomic E-state index is 14.5. The number of amides is 1. The van der Waals surface area contributed by atoms with Gasteiger partial charge in [0.25, 0.3) is 5.91 Å². The van der Waals surface area contributed by atoms with E-state index in [1.807, 2.05) is 13.0 Å². The van der Waals surface area contributed by atoms with Crippen LogP contribution >= 0.6 is 0 Å². The Balaban J connectivity index is 1.60. The lowest BCUT2D eigenvalue weighted by Crippen LogP contribution is -2.26. The Hall–Kier alpha value is -3.19. The molecule has 5 nitrogen and oxygen atoms in total. The predicted octanol–water partition coefficient (Wildman–Crippen LogP) is 5.25. The lowest BCUT2D eigenvalue weighted by atomic mass is 9.77. The number of aryl methyl sites for hydroxylation is 1. The number of hydrogen-bond acceptors (Lipinski definition) is 4. The Morgan fingerprint density at radius 2 is 1.97 bits per heavy atom. The van der Waals surface area contributed by atoms with Crippen LogP contribution in [0.1, 0.15) is 53.7 Å². The van der Waals surface area contributed by atoms with Crippen molar-refractivity contribution in [3.63, 3.8) is 0 Å². The van der Waals surface area contributed by atoms with Crippen LogP contribution in [0.3, 0.4) is 0 Å². The van der Waals surface area contributed by atoms with E-state index in [4.69, 9.17) is 0 Å². The highest BCUT2D eigenvalue weighted by Crippen LogP contribution is 2.39. The second-order valence-electron chi connectivity index (χ2n) is 8.43. The number of pyridine rings is 2. The lowest BCUT2D eigenvalue weighted by molar-refractivity contribution is 0.0712. The normalized spacial score (nSPS) is 20.7. The molecule has 0 bridgehead atoms. The number of aliphatic hydroxyl groups excluding tert-OH is 1. The van der Waals surface area contributed by atoms with Crippen LogP contribution in [-0.2, 0) is 0 Å². The minimum atomic E-state index is -0.735. The third kappa shape index (κ3) is 4.39. The summed E-state index contributed by atoms with van der Waals surface area (Å²) in [5, 5.41) is 12.9. The van der Waals surface area contributed by atoms with Crippen molar-refractivity contribution < 1.29 is 18.7 Å². The van der Waals surface area contributed by atoms with Crippen LogP contribution < -0.4 is 5.32 Å². The first kappa shape index (κ1) is 22.0. The second-order valence-corrected chi connectivity index (χ2v) is 8.43. The molecular weight excluding hydrogens is 412 g/mol. The van der Waals surface area contributed by atoms with Gasteiger partial charge in [-0.25, -0.2) is 13.8 Å². The molecule has 0 saturated heterocycles. The van der Waals surface area contributed by atoms with E-state index in [1.165, 1.54) is 24.3 Å². The van der Waals surface area contributed by atoms with E-state index in [0.717, 1.165) is 18.4 Å². The van der Waals surface area contributed by atoms with Crippen LogP contribution in [0.15, 0.2) is 48.8 Å². The van der Waals surface area contributed by atoms with Gasteiger partial charge < -0.3 is 10.4 Å². The molecule has 166 valence electrons. The first-order valence-corrected chi connectivity index (χ1v) is 10.7. The molecular formula is C25H25F2N3O2. The fourth-order valence-electron chi connectivity index (χ4n) is 4.31. The molecule has 1 aliphatic rings. The molecule has 2 aromatic heterocycles. The highest BCUT2D eigenvalue weighted by molar-refractivity contribution is 6.03. The number of anilines is 1. The average molecular weight is 437 g/mol. The third-order valence-corrected chi connectivity index (χ3v) is 6.19. The zero-order valence-corrected chi connectivity index (χ0v) is 18.0. The van der Waals surface area contributed by atoms with Gasteiger partial charge in [-0.15, -0.1) is 0 Å². The summed E-state index contributed by atoms with van der Waals surface area (Å²) in [4.78, 5) is 21.3. The fraction of sp³-hybridized carbons (Fsp3) is 0.320. The SMILES string of the molecule is Cc1ccc(F)c(-c2cccc(C(=O)Nc3cnccc3[C@H]3CC[C@H](O)[C@@H](C)C3)n2)c1F. The van der Waals surface area contributed by atoms with E-state index < -0.39 is 17.5 Å². The number of aromatic nitrogens is 2. The van der Waals surface area contributed by atoms with Crippen LogP contribution in [0.25, 0.3) is 11.3 Å². The average Bonchev–Trinajstić information content (AvgIpc) is 2.79. The molecule has 1 amide bonds. The zero-order chi connectivity index (χ0) is 22.8. The molecule has 2 heterocycles. The molecule has 32 heavy (non-hydrogen) atoms. The summed E-state index contributed by atoms with van der Waals surface area (Å²) in [5.41, 5.74) is 1.68. The summed E-state index contributed by atoms with van der Waals surface area (Å²) < 4.78 is 28.8. The van der Waals surface area contributed by atoms with E-state index in [0.29, 0.717) is 17.7 Å². The van der Waals surface area contributed by atoms with Gasteiger partial charge in [0.05, 0.1) is 29.2 Å². The highest BCUT2D eigenvalue weighted by atomic mass is 19.1. The molecule has 0 spiro atoms. The first-order valence-electron chi connectivity index (χ1n) is 10.7. The number of nitrogens with zero attached hydrogens (tertiary/aromatic N) is 2. The molecule has 0 aliphatic heterocycles. The van der Waals surface area contributed by atoms with Crippen molar-refractivity contribution in [3.05, 3.63) is 77.2 Å². The van der Waals surface area contributed by atoms with E-state index in [9.17, 15) is 18.7 Å². The van der Waals surface area contributed by atoms with Crippen molar-refractivity contribution in [1.82, 2.24) is 9.97 Å². The highest BCUT2D eigenvalue weighted by Gasteiger charge is 2.28. The molecule has 0 radical (unpaired) electrons. The quantitative estimate of drug-likeness (QED) is 0.585. The molecule has 1 aliphatic carbocycles. The van der Waals surface area contributed by atoms with Crippen molar-refractivity contribution >= 4 is 11.6 Å². The summed E-state index contributed by atoms with van der Waals surface area (Å²) in [6, 6.07) is 8.95. The van der Waals surface area contributed by atoms with Crippen LogP contribution in [0.5, 0.6) is 0 Å². The Labute approximate surface area is 185 Å². The number of aliphatic hydroxyl groups is 1. The Bertz CT molecular complexity index is 1150. The number of carbonyl (C=O) groups is 1. The largest absolute Gasteiger partial charge is 0.393 e. The van der Waals surface area contributed by atoms with Crippen LogP contribution in [0, 0.1) is 24.5 Å². The Morgan fingerprint density at radius 3 is 2.75 bits per heavy atom. The maximum absolute atomic E-state index is 14.5. The topological polar surface area (TPSA) is 75.1 Å². The zero-order valence-electron chi connectivity index (χ0n) is 18.0. The Morgan fingerprint density at radius 1 is 1.16 bits per heavy atom. The van der Waals surface area contributed by atoms with Crippen LogP contribution in [-0.4, -0.2) is 27.1 Å². The summed E-state index contributed by atoms with van der Waals surface area (Å²) in [6.07, 6.45) is 5.31. The van der Waals surface area contributed by atoms with Crippen LogP contribution in [0.4, 0.5) is 14.5 Å². The van der Waals surface area contributed by atoms with Crippen molar-refractivity contribution in [2.24, 2.45) is 5.92 Å². The lowest BCUT2D eigenvalue weighted by Gasteiger charge is -2.32. The molecule has 0 unspecified atom stereocenters. The third-order valence-electron chi connectivity index (χ3n) is 6.19. The number of nitrogens with one attached hydrogen (secondary N) is 1. The second kappa shape index (κ2) is 9.12. The minimum Gasteiger partial charge on any atom is -0.393 e. The molecule has 3 aromatic rings. The van der Waals surface area contributed by atoms with Gasteiger partial charge in [0.1, 0.15) is 17.3 Å². The van der Waals surface area contributed by atoms with Gasteiger partial charge in [0.2, 0.25) is 0 Å². The molecule has 2 N–H and O–H groups in total. The molecule has 1 fully saturated rings.